The van der Waals surface area contributed by atoms with E-state index in [1.165, 1.54) is 4.90 Å². The van der Waals surface area contributed by atoms with E-state index in [9.17, 15) is 14.4 Å². The number of likely N-dealkylation sites (tertiary alicyclic amines) is 1. The fraction of sp³-hybridized carbons (Fsp3) is 0.526. The number of carbonyl (C=O) groups excluding carboxylic acids is 3. The Balaban J connectivity index is 2.13. The van der Waals surface area contributed by atoms with Crippen LogP contribution in [0.2, 0.25) is 0 Å². The van der Waals surface area contributed by atoms with E-state index in [-0.39, 0.29) is 17.7 Å². The minimum Gasteiger partial charge on any atom is -0.493 e. The van der Waals surface area contributed by atoms with Crippen LogP contribution < -0.4 is 10.1 Å². The smallest absolute Gasteiger partial charge is 0.258 e. The molecule has 1 N–H and O–H groups in total. The molecule has 0 saturated carbocycles. The molecule has 0 radical (unpaired) electrons. The van der Waals surface area contributed by atoms with Gasteiger partial charge in [0.05, 0.1) is 12.2 Å². The number of nitrogens with zero attached hydrogens (tertiary/aromatic N) is 2. The summed E-state index contributed by atoms with van der Waals surface area (Å²) in [6.07, 6.45) is 1.33. The Morgan fingerprint density at radius 3 is 2.65 bits per heavy atom. The van der Waals surface area contributed by atoms with Gasteiger partial charge in [0.25, 0.3) is 5.91 Å². The van der Waals surface area contributed by atoms with Gasteiger partial charge < -0.3 is 19.9 Å². The van der Waals surface area contributed by atoms with Gasteiger partial charge in [0, 0.05) is 20.6 Å². The first kappa shape index (κ1) is 19.8. The molecular weight excluding hydrogens is 334 g/mol. The highest BCUT2D eigenvalue weighted by atomic mass is 16.5. The lowest BCUT2D eigenvalue weighted by Crippen LogP contribution is -2.51. The Morgan fingerprint density at radius 1 is 1.31 bits per heavy atom. The molecule has 7 heteroatoms. The first-order chi connectivity index (χ1) is 12.4. The van der Waals surface area contributed by atoms with Crippen molar-refractivity contribution in [2.24, 2.45) is 0 Å². The predicted octanol–water partition coefficient (Wildman–Crippen LogP) is 1.28. The van der Waals surface area contributed by atoms with Gasteiger partial charge >= 0.3 is 0 Å². The van der Waals surface area contributed by atoms with E-state index in [0.717, 1.165) is 6.42 Å². The van der Waals surface area contributed by atoms with Gasteiger partial charge in [0.15, 0.2) is 0 Å². The van der Waals surface area contributed by atoms with Crippen LogP contribution in [0, 0.1) is 0 Å². The number of carbonyl (C=O) groups is 3. The van der Waals surface area contributed by atoms with Crippen molar-refractivity contribution in [2.45, 2.75) is 38.8 Å². The lowest BCUT2D eigenvalue weighted by Gasteiger charge is -2.26. The lowest BCUT2D eigenvalue weighted by atomic mass is 10.1. The number of benzene rings is 1. The maximum atomic E-state index is 13.0. The number of hydrogen-bond donors (Lipinski definition) is 1. The SMILES string of the molecule is CCOc1ccccc1C(=O)N1CCC[C@@H]1C(=O)N[C@@H](C)C(=O)N(C)C. The highest BCUT2D eigenvalue weighted by Crippen LogP contribution is 2.25. The molecule has 142 valence electrons. The summed E-state index contributed by atoms with van der Waals surface area (Å²) in [7, 11) is 3.28. The van der Waals surface area contributed by atoms with Crippen molar-refractivity contribution in [1.82, 2.24) is 15.1 Å². The maximum Gasteiger partial charge on any atom is 0.258 e. The lowest BCUT2D eigenvalue weighted by molar-refractivity contribution is -0.135. The van der Waals surface area contributed by atoms with Gasteiger partial charge in [-0.3, -0.25) is 14.4 Å². The minimum atomic E-state index is -0.634. The number of para-hydroxylation sites is 1. The molecule has 1 aromatic carbocycles. The van der Waals surface area contributed by atoms with Crippen LogP contribution in [-0.2, 0) is 9.59 Å². The molecule has 2 rings (SSSR count). The van der Waals surface area contributed by atoms with E-state index < -0.39 is 12.1 Å². The maximum absolute atomic E-state index is 13.0. The van der Waals surface area contributed by atoms with Crippen molar-refractivity contribution in [3.05, 3.63) is 29.8 Å². The molecule has 7 nitrogen and oxygen atoms in total. The molecule has 1 fully saturated rings. The second-order valence-electron chi connectivity index (χ2n) is 6.55. The average molecular weight is 361 g/mol. The van der Waals surface area contributed by atoms with E-state index in [1.54, 1.807) is 44.1 Å². The summed E-state index contributed by atoms with van der Waals surface area (Å²) in [6, 6.07) is 5.84. The third kappa shape index (κ3) is 4.33. The van der Waals surface area contributed by atoms with Gasteiger partial charge in [-0.05, 0) is 38.8 Å². The van der Waals surface area contributed by atoms with Crippen molar-refractivity contribution in [1.29, 1.82) is 0 Å². The summed E-state index contributed by atoms with van der Waals surface area (Å²) in [5.74, 6) is -0.191. The van der Waals surface area contributed by atoms with Gasteiger partial charge in [-0.1, -0.05) is 12.1 Å². The van der Waals surface area contributed by atoms with E-state index in [1.807, 2.05) is 13.0 Å². The predicted molar refractivity (Wildman–Crippen MR) is 98.0 cm³/mol. The van der Waals surface area contributed by atoms with Crippen LogP contribution in [0.15, 0.2) is 24.3 Å². The van der Waals surface area contributed by atoms with Gasteiger partial charge in [0.1, 0.15) is 17.8 Å². The topological polar surface area (TPSA) is 79.0 Å². The summed E-state index contributed by atoms with van der Waals surface area (Å²) in [4.78, 5) is 40.6. The Labute approximate surface area is 154 Å². The van der Waals surface area contributed by atoms with Crippen LogP contribution >= 0.6 is 0 Å². The third-order valence-corrected chi connectivity index (χ3v) is 4.40. The molecule has 0 aromatic heterocycles. The van der Waals surface area contributed by atoms with Gasteiger partial charge in [-0.25, -0.2) is 0 Å². The molecule has 2 atom stereocenters. The molecule has 1 aromatic rings. The Hall–Kier alpha value is -2.57. The molecule has 0 aliphatic carbocycles. The number of hydrogen-bond acceptors (Lipinski definition) is 4. The zero-order valence-electron chi connectivity index (χ0n) is 15.8. The highest BCUT2D eigenvalue weighted by molar-refractivity contribution is 6.00. The summed E-state index contributed by atoms with van der Waals surface area (Å²) < 4.78 is 5.54. The standard InChI is InChI=1S/C19H27N3O4/c1-5-26-16-11-7-6-9-14(16)19(25)22-12-8-10-15(22)17(23)20-13(2)18(24)21(3)4/h6-7,9,11,13,15H,5,8,10,12H2,1-4H3,(H,20,23)/t13-,15+/m0/s1. The quantitative estimate of drug-likeness (QED) is 0.828. The number of rotatable bonds is 6. The number of nitrogens with one attached hydrogen (secondary N) is 1. The monoisotopic (exact) mass is 361 g/mol. The number of ether oxygens (including phenoxy) is 1. The Morgan fingerprint density at radius 2 is 2.00 bits per heavy atom. The van der Waals surface area contributed by atoms with Crippen LogP contribution in [0.1, 0.15) is 37.0 Å². The first-order valence-corrected chi connectivity index (χ1v) is 8.91. The molecule has 1 saturated heterocycles. The average Bonchev–Trinajstić information content (AvgIpc) is 3.11. The van der Waals surface area contributed by atoms with Crippen molar-refractivity contribution in [3.63, 3.8) is 0 Å². The largest absolute Gasteiger partial charge is 0.493 e. The zero-order valence-corrected chi connectivity index (χ0v) is 15.8. The normalized spacial score (nSPS) is 17.5. The molecule has 0 bridgehead atoms. The van der Waals surface area contributed by atoms with E-state index in [2.05, 4.69) is 5.32 Å². The molecule has 1 aliphatic rings. The fourth-order valence-corrected chi connectivity index (χ4v) is 3.12. The molecular formula is C19H27N3O4. The van der Waals surface area contributed by atoms with Crippen molar-refractivity contribution in [3.8, 4) is 5.75 Å². The molecule has 0 spiro atoms. The first-order valence-electron chi connectivity index (χ1n) is 8.91. The number of likely N-dealkylation sites (N-methyl/N-ethyl adjacent to an activating group) is 1. The highest BCUT2D eigenvalue weighted by Gasteiger charge is 2.36. The summed E-state index contributed by atoms with van der Waals surface area (Å²) in [5, 5.41) is 2.72. The molecule has 1 heterocycles. The van der Waals surface area contributed by atoms with Crippen molar-refractivity contribution in [2.75, 3.05) is 27.2 Å². The molecule has 1 aliphatic heterocycles. The van der Waals surface area contributed by atoms with Gasteiger partial charge in [0.2, 0.25) is 11.8 Å². The third-order valence-electron chi connectivity index (χ3n) is 4.40. The van der Waals surface area contributed by atoms with E-state index in [0.29, 0.717) is 30.9 Å². The minimum absolute atomic E-state index is 0.184. The Kier molecular flexibility index (Phi) is 6.60. The molecule has 3 amide bonds. The van der Waals surface area contributed by atoms with Gasteiger partial charge in [-0.2, -0.15) is 0 Å². The fourth-order valence-electron chi connectivity index (χ4n) is 3.12. The second-order valence-corrected chi connectivity index (χ2v) is 6.55. The molecule has 0 unspecified atom stereocenters. The summed E-state index contributed by atoms with van der Waals surface area (Å²) in [6.45, 7) is 4.47. The van der Waals surface area contributed by atoms with Crippen LogP contribution in [0.5, 0.6) is 5.75 Å². The van der Waals surface area contributed by atoms with Crippen LogP contribution in [0.3, 0.4) is 0 Å². The Bertz CT molecular complexity index is 675. The van der Waals surface area contributed by atoms with Crippen molar-refractivity contribution >= 4 is 17.7 Å². The van der Waals surface area contributed by atoms with Crippen LogP contribution in [-0.4, -0.2) is 66.9 Å². The number of amides is 3. The zero-order chi connectivity index (χ0) is 19.3. The van der Waals surface area contributed by atoms with E-state index in [4.69, 9.17) is 4.74 Å². The van der Waals surface area contributed by atoms with Crippen LogP contribution in [0.4, 0.5) is 0 Å². The van der Waals surface area contributed by atoms with Crippen molar-refractivity contribution < 1.29 is 19.1 Å². The molecule has 26 heavy (non-hydrogen) atoms. The van der Waals surface area contributed by atoms with Crippen LogP contribution in [0.25, 0.3) is 0 Å². The summed E-state index contributed by atoms with van der Waals surface area (Å²) >= 11 is 0. The second kappa shape index (κ2) is 8.69. The summed E-state index contributed by atoms with van der Waals surface area (Å²) in [5.41, 5.74) is 0.450. The van der Waals surface area contributed by atoms with E-state index >= 15 is 0 Å². The van der Waals surface area contributed by atoms with Gasteiger partial charge in [-0.15, -0.1) is 0 Å².